The first-order chi connectivity index (χ1) is 19.4. The molecule has 1 aliphatic carbocycles. The molecule has 1 spiro atoms. The Bertz CT molecular complexity index is 1310. The zero-order valence-electron chi connectivity index (χ0n) is 23.6. The third-order valence-corrected chi connectivity index (χ3v) is 11.4. The molecule has 7 heterocycles. The van der Waals surface area contributed by atoms with Crippen molar-refractivity contribution in [2.24, 2.45) is 0 Å². The molecule has 1 aromatic heterocycles. The van der Waals surface area contributed by atoms with Crippen LogP contribution >= 0.6 is 0 Å². The van der Waals surface area contributed by atoms with Crippen LogP contribution in [0.3, 0.4) is 0 Å². The SMILES string of the molecule is C[C@H]1C(NCc2cn(C3CC4=CC(=O)OC45CC3N3CCCCC35)nn2)CC2=CC(=O)O[C@]2(C)C2CCCCN21. The van der Waals surface area contributed by atoms with Gasteiger partial charge in [-0.2, -0.15) is 0 Å². The van der Waals surface area contributed by atoms with Crippen LogP contribution in [0.1, 0.15) is 83.4 Å². The summed E-state index contributed by atoms with van der Waals surface area (Å²) in [6.45, 7) is 7.12. The Morgan fingerprint density at radius 3 is 2.55 bits per heavy atom. The molecule has 1 saturated carbocycles. The highest BCUT2D eigenvalue weighted by atomic mass is 16.6. The molecular weight excluding hydrogens is 508 g/mol. The molecule has 4 saturated heterocycles. The van der Waals surface area contributed by atoms with Crippen molar-refractivity contribution >= 4 is 11.9 Å². The largest absolute Gasteiger partial charge is 0.450 e. The van der Waals surface area contributed by atoms with Crippen molar-refractivity contribution in [3.63, 3.8) is 0 Å². The fourth-order valence-corrected chi connectivity index (χ4v) is 9.47. The van der Waals surface area contributed by atoms with Crippen molar-refractivity contribution in [3.05, 3.63) is 35.2 Å². The molecule has 10 nitrogen and oxygen atoms in total. The molecule has 2 bridgehead atoms. The molecule has 8 atom stereocenters. The number of hydrogen-bond acceptors (Lipinski definition) is 9. The number of ether oxygens (including phenoxy) is 2. The van der Waals surface area contributed by atoms with Gasteiger partial charge in [0.25, 0.3) is 0 Å². The Hall–Kier alpha value is -2.56. The second-order valence-corrected chi connectivity index (χ2v) is 13.3. The molecule has 10 heteroatoms. The third-order valence-electron chi connectivity index (χ3n) is 11.4. The van der Waals surface area contributed by atoms with Crippen LogP contribution < -0.4 is 5.32 Å². The second kappa shape index (κ2) is 8.97. The van der Waals surface area contributed by atoms with Gasteiger partial charge in [-0.15, -0.1) is 5.10 Å². The highest BCUT2D eigenvalue weighted by Gasteiger charge is 2.64. The highest BCUT2D eigenvalue weighted by molar-refractivity contribution is 5.87. The number of hydrogen-bond donors (Lipinski definition) is 1. The maximum atomic E-state index is 12.4. The van der Waals surface area contributed by atoms with E-state index in [1.165, 1.54) is 25.7 Å². The molecule has 6 unspecified atom stereocenters. The zero-order chi connectivity index (χ0) is 27.2. The van der Waals surface area contributed by atoms with Crippen LogP contribution in [0.4, 0.5) is 0 Å². The molecular formula is C30H40N6O4. The van der Waals surface area contributed by atoms with Crippen molar-refractivity contribution in [1.29, 1.82) is 0 Å². The first-order valence-electron chi connectivity index (χ1n) is 15.4. The molecule has 40 heavy (non-hydrogen) atoms. The van der Waals surface area contributed by atoms with Crippen molar-refractivity contribution < 1.29 is 19.1 Å². The monoisotopic (exact) mass is 548 g/mol. The molecule has 6 aliphatic heterocycles. The minimum absolute atomic E-state index is 0.150. The van der Waals surface area contributed by atoms with E-state index >= 15 is 0 Å². The molecule has 0 amide bonds. The first-order valence-corrected chi connectivity index (χ1v) is 15.4. The van der Waals surface area contributed by atoms with Crippen LogP contribution in [0, 0.1) is 0 Å². The van der Waals surface area contributed by atoms with Crippen LogP contribution in [0.2, 0.25) is 0 Å². The van der Waals surface area contributed by atoms with Gasteiger partial charge in [-0.3, -0.25) is 9.80 Å². The van der Waals surface area contributed by atoms with E-state index in [2.05, 4.69) is 45.5 Å². The number of nitrogens with one attached hydrogen (secondary N) is 1. The quantitative estimate of drug-likeness (QED) is 0.569. The van der Waals surface area contributed by atoms with Crippen molar-refractivity contribution in [3.8, 4) is 0 Å². The third kappa shape index (κ3) is 3.57. The number of piperidine rings is 2. The summed E-state index contributed by atoms with van der Waals surface area (Å²) in [6.07, 6.45) is 14.9. The van der Waals surface area contributed by atoms with E-state index in [1.54, 1.807) is 12.2 Å². The Kier molecular flexibility index (Phi) is 5.64. The predicted octanol–water partition coefficient (Wildman–Crippen LogP) is 2.42. The topological polar surface area (TPSA) is 102 Å². The number of carbonyl (C=O) groups is 2. The van der Waals surface area contributed by atoms with Gasteiger partial charge in [-0.25, -0.2) is 14.3 Å². The van der Waals surface area contributed by atoms with Crippen LogP contribution in [0.15, 0.2) is 29.5 Å². The number of carbonyl (C=O) groups excluding carboxylic acids is 2. The van der Waals surface area contributed by atoms with Crippen LogP contribution in [-0.4, -0.2) is 91.2 Å². The molecule has 7 aliphatic rings. The van der Waals surface area contributed by atoms with E-state index < -0.39 is 11.2 Å². The maximum absolute atomic E-state index is 12.4. The average molecular weight is 549 g/mol. The van der Waals surface area contributed by atoms with Gasteiger partial charge >= 0.3 is 11.9 Å². The maximum Gasteiger partial charge on any atom is 0.331 e. The van der Waals surface area contributed by atoms with E-state index in [-0.39, 0.29) is 30.1 Å². The van der Waals surface area contributed by atoms with E-state index in [0.717, 1.165) is 62.0 Å². The lowest BCUT2D eigenvalue weighted by molar-refractivity contribution is -0.152. The molecule has 8 rings (SSSR count). The van der Waals surface area contributed by atoms with E-state index in [9.17, 15) is 9.59 Å². The molecule has 0 aromatic carbocycles. The van der Waals surface area contributed by atoms with Gasteiger partial charge in [0.15, 0.2) is 5.60 Å². The lowest BCUT2D eigenvalue weighted by Crippen LogP contribution is -2.57. The summed E-state index contributed by atoms with van der Waals surface area (Å²) < 4.78 is 14.1. The molecule has 214 valence electrons. The normalized spacial score (nSPS) is 42.6. The summed E-state index contributed by atoms with van der Waals surface area (Å²) in [7, 11) is 0. The number of fused-ring (bicyclic) bond motifs is 6. The lowest BCUT2D eigenvalue weighted by atomic mass is 9.75. The van der Waals surface area contributed by atoms with E-state index in [0.29, 0.717) is 24.7 Å². The van der Waals surface area contributed by atoms with Gasteiger partial charge in [0.1, 0.15) is 5.60 Å². The fraction of sp³-hybridized carbons (Fsp3) is 0.733. The van der Waals surface area contributed by atoms with Gasteiger partial charge < -0.3 is 14.8 Å². The van der Waals surface area contributed by atoms with Gasteiger partial charge in [-0.05, 0) is 76.6 Å². The highest BCUT2D eigenvalue weighted by Crippen LogP contribution is 2.56. The number of esters is 2. The summed E-state index contributed by atoms with van der Waals surface area (Å²) in [5, 5.41) is 13.0. The Balaban J connectivity index is 1.02. The first kappa shape index (κ1) is 25.2. The Morgan fingerprint density at radius 1 is 0.950 bits per heavy atom. The van der Waals surface area contributed by atoms with E-state index in [1.807, 2.05) is 4.68 Å². The number of aromatic nitrogens is 3. The van der Waals surface area contributed by atoms with Crippen LogP contribution in [0.25, 0.3) is 0 Å². The number of rotatable bonds is 4. The Labute approximate surface area is 235 Å². The molecule has 1 N–H and O–H groups in total. The molecule has 0 radical (unpaired) electrons. The lowest BCUT2D eigenvalue weighted by Gasteiger charge is -2.45. The second-order valence-electron chi connectivity index (χ2n) is 13.3. The summed E-state index contributed by atoms with van der Waals surface area (Å²) in [4.78, 5) is 29.9. The van der Waals surface area contributed by atoms with Gasteiger partial charge in [0.2, 0.25) is 0 Å². The van der Waals surface area contributed by atoms with Gasteiger partial charge in [-0.1, -0.05) is 18.1 Å². The summed E-state index contributed by atoms with van der Waals surface area (Å²) >= 11 is 0. The summed E-state index contributed by atoms with van der Waals surface area (Å²) in [5.74, 6) is -0.387. The zero-order valence-corrected chi connectivity index (χ0v) is 23.6. The predicted molar refractivity (Wildman–Crippen MR) is 145 cm³/mol. The van der Waals surface area contributed by atoms with Crippen LogP contribution in [0.5, 0.6) is 0 Å². The van der Waals surface area contributed by atoms with E-state index in [4.69, 9.17) is 9.47 Å². The summed E-state index contributed by atoms with van der Waals surface area (Å²) in [5.41, 5.74) is 2.23. The smallest absolute Gasteiger partial charge is 0.331 e. The standard InChI is InChI=1S/C30H40N6O4/c1-18-22(11-19-13-27(37)39-29(19,2)25-7-3-5-9-34(18)25)31-16-21-17-36(33-32-21)23-12-20-14-28(38)40-30(20)15-24(23)35-10-6-4-8-26(30)35/h13-14,17-18,22-26,31H,3-12,15-16H2,1-2H3/t18-,22?,23?,24?,25?,26?,29-,30?/m0/s1. The minimum Gasteiger partial charge on any atom is -0.450 e. The summed E-state index contributed by atoms with van der Waals surface area (Å²) in [6, 6.07) is 1.47. The van der Waals surface area contributed by atoms with Crippen LogP contribution in [-0.2, 0) is 25.6 Å². The fourth-order valence-electron chi connectivity index (χ4n) is 9.47. The van der Waals surface area contributed by atoms with Crippen molar-refractivity contribution in [2.45, 2.75) is 126 Å². The molecule has 5 fully saturated rings. The minimum atomic E-state index is -0.533. The van der Waals surface area contributed by atoms with Crippen molar-refractivity contribution in [2.75, 3.05) is 13.1 Å². The molecule has 1 aromatic rings. The van der Waals surface area contributed by atoms with Crippen molar-refractivity contribution in [1.82, 2.24) is 30.1 Å². The number of nitrogens with zero attached hydrogens (tertiary/aromatic N) is 5. The van der Waals surface area contributed by atoms with Gasteiger partial charge in [0, 0.05) is 43.2 Å². The van der Waals surface area contributed by atoms with Gasteiger partial charge in [0.05, 0.1) is 30.0 Å². The Morgan fingerprint density at radius 2 is 1.70 bits per heavy atom. The average Bonchev–Trinajstić information content (AvgIpc) is 3.68.